The summed E-state index contributed by atoms with van der Waals surface area (Å²) in [6.07, 6.45) is 2.52. The van der Waals surface area contributed by atoms with Gasteiger partial charge in [-0.3, -0.25) is 4.68 Å². The molecule has 0 aliphatic rings. The Hall–Kier alpha value is -1.54. The molecule has 1 atom stereocenters. The number of aromatic carboxylic acids is 1. The molecular weight excluding hydrogens is 268 g/mol. The Morgan fingerprint density at radius 2 is 2.10 bits per heavy atom. The monoisotopic (exact) mass is 292 g/mol. The average molecular weight is 292 g/mol. The van der Waals surface area contributed by atoms with Gasteiger partial charge >= 0.3 is 5.97 Å². The Morgan fingerprint density at radius 1 is 1.45 bits per heavy atom. The number of aryl methyl sites for hydroxylation is 1. The normalized spacial score (nSPS) is 12.7. The predicted octanol–water partition coefficient (Wildman–Crippen LogP) is 3.50. The molecule has 4 nitrogen and oxygen atoms in total. The summed E-state index contributed by atoms with van der Waals surface area (Å²) in [5.41, 5.74) is 1.21. The van der Waals surface area contributed by atoms with Crippen LogP contribution in [0.4, 0.5) is 0 Å². The van der Waals surface area contributed by atoms with Gasteiger partial charge in [-0.1, -0.05) is 26.6 Å². The molecule has 0 radical (unpaired) electrons. The quantitative estimate of drug-likeness (QED) is 0.667. The van der Waals surface area contributed by atoms with Crippen molar-refractivity contribution in [3.05, 3.63) is 17.5 Å². The van der Waals surface area contributed by atoms with Gasteiger partial charge < -0.3 is 5.11 Å². The van der Waals surface area contributed by atoms with Crippen molar-refractivity contribution in [2.75, 3.05) is 0 Å². The Bertz CT molecular complexity index is 532. The third-order valence-electron chi connectivity index (χ3n) is 3.22. The number of carboxylic acids is 1. The molecule has 0 spiro atoms. The van der Waals surface area contributed by atoms with E-state index in [9.17, 15) is 9.90 Å². The molecule has 1 aromatic rings. The highest BCUT2D eigenvalue weighted by atomic mass is 28.3. The van der Waals surface area contributed by atoms with Crippen molar-refractivity contribution in [3.8, 4) is 11.8 Å². The van der Waals surface area contributed by atoms with Gasteiger partial charge in [-0.25, -0.2) is 4.79 Å². The molecule has 1 aromatic heterocycles. The number of carbonyl (C=O) groups is 1. The van der Waals surface area contributed by atoms with Crippen molar-refractivity contribution in [3.63, 3.8) is 0 Å². The van der Waals surface area contributed by atoms with E-state index in [1.807, 2.05) is 13.8 Å². The molecule has 0 fully saturated rings. The van der Waals surface area contributed by atoms with Gasteiger partial charge in [0.25, 0.3) is 0 Å². The van der Waals surface area contributed by atoms with Crippen LogP contribution in [0.25, 0.3) is 0 Å². The van der Waals surface area contributed by atoms with E-state index in [-0.39, 0.29) is 5.67 Å². The van der Waals surface area contributed by atoms with Crippen molar-refractivity contribution in [2.24, 2.45) is 0 Å². The smallest absolute Gasteiger partial charge is 0.354 e. The lowest BCUT2D eigenvalue weighted by atomic mass is 10.3. The average Bonchev–Trinajstić information content (AvgIpc) is 2.69. The zero-order chi connectivity index (χ0) is 15.3. The number of rotatable bonds is 5. The summed E-state index contributed by atoms with van der Waals surface area (Å²) < 4.78 is 1.72. The molecule has 0 saturated carbocycles. The molecule has 20 heavy (non-hydrogen) atoms. The van der Waals surface area contributed by atoms with Gasteiger partial charge in [-0.2, -0.15) is 5.10 Å². The van der Waals surface area contributed by atoms with Crippen LogP contribution in [0.5, 0.6) is 0 Å². The Labute approximate surface area is 122 Å². The van der Waals surface area contributed by atoms with Crippen LogP contribution in [-0.2, 0) is 0 Å². The van der Waals surface area contributed by atoms with Crippen LogP contribution in [0.15, 0.2) is 6.07 Å². The van der Waals surface area contributed by atoms with Crippen LogP contribution >= 0.6 is 0 Å². The fraction of sp³-hybridized carbons (Fsp3) is 0.600. The molecule has 0 aromatic carbocycles. The molecule has 1 heterocycles. The number of aromatic nitrogens is 2. The van der Waals surface area contributed by atoms with E-state index in [0.717, 1.165) is 25.0 Å². The van der Waals surface area contributed by atoms with E-state index in [2.05, 4.69) is 36.6 Å². The van der Waals surface area contributed by atoms with Gasteiger partial charge in [0.2, 0.25) is 0 Å². The summed E-state index contributed by atoms with van der Waals surface area (Å²) in [6, 6.07) is 1.65. The van der Waals surface area contributed by atoms with E-state index in [1.165, 1.54) is 0 Å². The van der Waals surface area contributed by atoms with E-state index in [0.29, 0.717) is 5.69 Å². The topological polar surface area (TPSA) is 55.1 Å². The SMILES string of the molecule is CCC#CCCC(n1nc(C)cc1C(=O)O)[Si](C)(C)C. The first-order chi connectivity index (χ1) is 9.27. The first-order valence-electron chi connectivity index (χ1n) is 7.02. The fourth-order valence-corrected chi connectivity index (χ4v) is 4.20. The number of carboxylic acid groups (broad SMARTS) is 1. The third kappa shape index (κ3) is 4.24. The van der Waals surface area contributed by atoms with E-state index in [4.69, 9.17) is 0 Å². The lowest BCUT2D eigenvalue weighted by molar-refractivity contribution is 0.0682. The predicted molar refractivity (Wildman–Crippen MR) is 83.6 cm³/mol. The molecule has 110 valence electrons. The van der Waals surface area contributed by atoms with E-state index in [1.54, 1.807) is 10.7 Å². The second-order valence-electron chi connectivity index (χ2n) is 6.05. The molecule has 1 N–H and O–H groups in total. The number of hydrogen-bond donors (Lipinski definition) is 1. The zero-order valence-electron chi connectivity index (χ0n) is 13.0. The molecule has 0 bridgehead atoms. The van der Waals surface area contributed by atoms with E-state index < -0.39 is 14.0 Å². The maximum atomic E-state index is 11.4. The lowest BCUT2D eigenvalue weighted by Gasteiger charge is -2.29. The maximum absolute atomic E-state index is 11.4. The molecule has 0 aliphatic carbocycles. The maximum Gasteiger partial charge on any atom is 0.354 e. The van der Waals surface area contributed by atoms with Crippen LogP contribution in [0.3, 0.4) is 0 Å². The second kappa shape index (κ2) is 6.75. The molecule has 1 rings (SSSR count). The second-order valence-corrected chi connectivity index (χ2v) is 11.4. The van der Waals surface area contributed by atoms with Crippen molar-refractivity contribution >= 4 is 14.0 Å². The summed E-state index contributed by atoms with van der Waals surface area (Å²) in [7, 11) is -1.58. The summed E-state index contributed by atoms with van der Waals surface area (Å²) in [5, 5.41) is 13.7. The molecule has 0 saturated heterocycles. The highest BCUT2D eigenvalue weighted by Gasteiger charge is 2.31. The largest absolute Gasteiger partial charge is 0.477 e. The highest BCUT2D eigenvalue weighted by molar-refractivity contribution is 6.76. The Kier molecular flexibility index (Phi) is 5.58. The summed E-state index contributed by atoms with van der Waals surface area (Å²) in [4.78, 5) is 11.4. The standard InChI is InChI=1S/C15H24N2O2Si/c1-6-7-8-9-10-14(20(3,4)5)17-13(15(18)19)11-12(2)16-17/h11,14H,6,9-10H2,1-5H3,(H,18,19). The highest BCUT2D eigenvalue weighted by Crippen LogP contribution is 2.27. The molecule has 5 heteroatoms. The molecule has 0 amide bonds. The number of hydrogen-bond acceptors (Lipinski definition) is 2. The third-order valence-corrected chi connectivity index (χ3v) is 5.75. The molecule has 1 unspecified atom stereocenters. The van der Waals surface area contributed by atoms with Crippen molar-refractivity contribution in [2.45, 2.75) is 58.4 Å². The first-order valence-corrected chi connectivity index (χ1v) is 10.6. The lowest BCUT2D eigenvalue weighted by Crippen LogP contribution is -2.37. The van der Waals surface area contributed by atoms with Gasteiger partial charge in [0.15, 0.2) is 0 Å². The molecular formula is C15H24N2O2Si. The van der Waals surface area contributed by atoms with Gasteiger partial charge in [-0.05, 0) is 19.4 Å². The minimum atomic E-state index is -1.58. The van der Waals surface area contributed by atoms with Crippen LogP contribution < -0.4 is 0 Å². The van der Waals surface area contributed by atoms with Crippen molar-refractivity contribution < 1.29 is 9.90 Å². The van der Waals surface area contributed by atoms with Gasteiger partial charge in [-0.15, -0.1) is 11.8 Å². The van der Waals surface area contributed by atoms with Crippen LogP contribution in [0.1, 0.15) is 48.0 Å². The Balaban J connectivity index is 3.08. The van der Waals surface area contributed by atoms with Crippen molar-refractivity contribution in [1.82, 2.24) is 9.78 Å². The summed E-state index contributed by atoms with van der Waals surface area (Å²) in [6.45, 7) is 10.6. The molecule has 0 aliphatic heterocycles. The minimum Gasteiger partial charge on any atom is -0.477 e. The first kappa shape index (κ1) is 16.5. The summed E-state index contributed by atoms with van der Waals surface area (Å²) >= 11 is 0. The summed E-state index contributed by atoms with van der Waals surface area (Å²) in [5.74, 6) is 5.31. The van der Waals surface area contributed by atoms with E-state index >= 15 is 0 Å². The van der Waals surface area contributed by atoms with Gasteiger partial charge in [0.05, 0.1) is 13.8 Å². The fourth-order valence-electron chi connectivity index (χ4n) is 2.26. The minimum absolute atomic E-state index is 0.161. The van der Waals surface area contributed by atoms with Crippen molar-refractivity contribution in [1.29, 1.82) is 0 Å². The zero-order valence-corrected chi connectivity index (χ0v) is 14.0. The van der Waals surface area contributed by atoms with Crippen LogP contribution in [-0.4, -0.2) is 28.9 Å². The van der Waals surface area contributed by atoms with Crippen LogP contribution in [0, 0.1) is 18.8 Å². The van der Waals surface area contributed by atoms with Gasteiger partial charge in [0, 0.05) is 18.5 Å². The Morgan fingerprint density at radius 3 is 2.60 bits per heavy atom. The van der Waals surface area contributed by atoms with Crippen LogP contribution in [0.2, 0.25) is 19.6 Å². The van der Waals surface area contributed by atoms with Gasteiger partial charge in [0.1, 0.15) is 5.69 Å². The number of nitrogens with zero attached hydrogens (tertiary/aromatic N) is 2.